The van der Waals surface area contributed by atoms with E-state index in [1.807, 2.05) is 6.07 Å². The average molecular weight is 388 g/mol. The van der Waals surface area contributed by atoms with Gasteiger partial charge >= 0.3 is 0 Å². The molecule has 2 fully saturated rings. The summed E-state index contributed by atoms with van der Waals surface area (Å²) in [5.41, 5.74) is 3.30. The molecule has 0 spiro atoms. The highest BCUT2D eigenvalue weighted by Gasteiger charge is 2.30. The monoisotopic (exact) mass is 388 g/mol. The smallest absolute Gasteiger partial charge is 0.254 e. The molecular formula is C20H24N2O4S. The molecule has 1 aliphatic heterocycles. The van der Waals surface area contributed by atoms with Gasteiger partial charge in [-0.15, -0.1) is 0 Å². The van der Waals surface area contributed by atoms with Gasteiger partial charge in [-0.05, 0) is 61.4 Å². The van der Waals surface area contributed by atoms with Crippen molar-refractivity contribution in [3.05, 3.63) is 35.4 Å². The maximum Gasteiger partial charge on any atom is 0.254 e. The van der Waals surface area contributed by atoms with E-state index in [1.54, 1.807) is 17.0 Å². The van der Waals surface area contributed by atoms with E-state index in [9.17, 15) is 18.0 Å². The van der Waals surface area contributed by atoms with E-state index in [0.717, 1.165) is 43.2 Å². The molecule has 0 aromatic heterocycles. The molecule has 27 heavy (non-hydrogen) atoms. The number of carbonyl (C=O) groups is 2. The quantitative estimate of drug-likeness (QED) is 0.859. The van der Waals surface area contributed by atoms with Crippen molar-refractivity contribution < 1.29 is 18.0 Å². The molecule has 1 aromatic carbocycles. The van der Waals surface area contributed by atoms with Crippen LogP contribution >= 0.6 is 0 Å². The van der Waals surface area contributed by atoms with Gasteiger partial charge in [0, 0.05) is 30.3 Å². The van der Waals surface area contributed by atoms with Crippen LogP contribution in [0, 0.1) is 5.92 Å². The molecule has 1 saturated carbocycles. The lowest BCUT2D eigenvalue weighted by Gasteiger charge is -2.28. The Kier molecular flexibility index (Phi) is 4.80. The molecule has 1 N–H and O–H groups in total. The largest absolute Gasteiger partial charge is 0.337 e. The van der Waals surface area contributed by atoms with Crippen molar-refractivity contribution in [2.45, 2.75) is 32.1 Å². The van der Waals surface area contributed by atoms with Crippen LogP contribution in [0.1, 0.15) is 48.0 Å². The number of hydrogen-bond acceptors (Lipinski definition) is 4. The van der Waals surface area contributed by atoms with Crippen LogP contribution in [0.2, 0.25) is 0 Å². The van der Waals surface area contributed by atoms with Crippen molar-refractivity contribution in [3.8, 4) is 0 Å². The zero-order valence-electron chi connectivity index (χ0n) is 15.2. The molecule has 2 amide bonds. The molecule has 1 heterocycles. The van der Waals surface area contributed by atoms with Crippen LogP contribution in [0.5, 0.6) is 0 Å². The van der Waals surface area contributed by atoms with Gasteiger partial charge in [-0.3, -0.25) is 9.59 Å². The maximum absolute atomic E-state index is 13.1. The highest BCUT2D eigenvalue weighted by molar-refractivity contribution is 7.91. The molecule has 1 saturated heterocycles. The predicted molar refractivity (Wildman–Crippen MR) is 104 cm³/mol. The van der Waals surface area contributed by atoms with Crippen LogP contribution in [-0.4, -0.2) is 49.7 Å². The Morgan fingerprint density at radius 3 is 2.48 bits per heavy atom. The minimum atomic E-state index is -3.03. The van der Waals surface area contributed by atoms with Gasteiger partial charge in [-0.25, -0.2) is 8.42 Å². The van der Waals surface area contributed by atoms with Crippen molar-refractivity contribution in [1.29, 1.82) is 0 Å². The fraction of sp³-hybridized carbons (Fsp3) is 0.500. The summed E-state index contributed by atoms with van der Waals surface area (Å²) < 4.78 is 23.3. The summed E-state index contributed by atoms with van der Waals surface area (Å²) in [6, 6.07) is 5.43. The van der Waals surface area contributed by atoms with Gasteiger partial charge in [-0.2, -0.15) is 0 Å². The molecular weight excluding hydrogens is 364 g/mol. The van der Waals surface area contributed by atoms with Crippen LogP contribution in [0.15, 0.2) is 24.3 Å². The highest BCUT2D eigenvalue weighted by Crippen LogP contribution is 2.34. The van der Waals surface area contributed by atoms with Gasteiger partial charge in [0.2, 0.25) is 5.91 Å². The fourth-order valence-electron chi connectivity index (χ4n) is 3.67. The molecule has 3 aliphatic rings. The first-order valence-corrected chi connectivity index (χ1v) is 11.4. The summed E-state index contributed by atoms with van der Waals surface area (Å²) in [5.74, 6) is 0.0729. The molecule has 144 valence electrons. The summed E-state index contributed by atoms with van der Waals surface area (Å²) in [5, 5.41) is 2.95. The number of allylic oxidation sites excluding steroid dienone is 2. The van der Waals surface area contributed by atoms with Crippen molar-refractivity contribution in [3.63, 3.8) is 0 Å². The van der Waals surface area contributed by atoms with Gasteiger partial charge in [0.15, 0.2) is 9.84 Å². The Bertz CT molecular complexity index is 902. The number of carbonyl (C=O) groups excluding carboxylic acids is 2. The van der Waals surface area contributed by atoms with Gasteiger partial charge in [-0.1, -0.05) is 6.08 Å². The number of rotatable bonds is 4. The molecule has 4 rings (SSSR count). The van der Waals surface area contributed by atoms with Crippen molar-refractivity contribution in [2.24, 2.45) is 5.92 Å². The Labute approximate surface area is 159 Å². The first kappa shape index (κ1) is 18.2. The minimum Gasteiger partial charge on any atom is -0.337 e. The van der Waals surface area contributed by atoms with Crippen molar-refractivity contribution in [1.82, 2.24) is 4.90 Å². The Morgan fingerprint density at radius 1 is 1.11 bits per heavy atom. The maximum atomic E-state index is 13.1. The molecule has 2 aliphatic carbocycles. The number of anilines is 1. The second kappa shape index (κ2) is 7.11. The highest BCUT2D eigenvalue weighted by atomic mass is 32.2. The number of hydrogen-bond donors (Lipinski definition) is 1. The Morgan fingerprint density at radius 2 is 1.85 bits per heavy atom. The average Bonchev–Trinajstić information content (AvgIpc) is 3.36. The van der Waals surface area contributed by atoms with Crippen LogP contribution in [-0.2, 0) is 14.6 Å². The van der Waals surface area contributed by atoms with Crippen molar-refractivity contribution in [2.75, 3.05) is 29.9 Å². The van der Waals surface area contributed by atoms with Crippen LogP contribution in [0.4, 0.5) is 5.69 Å². The zero-order valence-corrected chi connectivity index (χ0v) is 16.1. The number of sulfone groups is 1. The van der Waals surface area contributed by atoms with Gasteiger partial charge in [0.1, 0.15) is 0 Å². The normalized spacial score (nSPS) is 21.6. The summed E-state index contributed by atoms with van der Waals surface area (Å²) >= 11 is 0. The molecule has 0 bridgehead atoms. The molecule has 0 unspecified atom stereocenters. The first-order chi connectivity index (χ1) is 12.9. The Balaban J connectivity index is 1.60. The third kappa shape index (κ3) is 4.08. The molecule has 7 heteroatoms. The standard InChI is InChI=1S/C20H24N2O4S/c23-19(15-5-6-15)21-16-7-8-17(18(13-16)14-3-1-2-4-14)20(24)22-9-11-27(25,26)12-10-22/h3,7-8,13,15H,1-2,4-6,9-12H2,(H,21,23). The number of nitrogens with zero attached hydrogens (tertiary/aromatic N) is 1. The van der Waals surface area contributed by atoms with Gasteiger partial charge < -0.3 is 10.2 Å². The van der Waals surface area contributed by atoms with E-state index in [1.165, 1.54) is 0 Å². The van der Waals surface area contributed by atoms with E-state index < -0.39 is 9.84 Å². The molecule has 6 nitrogen and oxygen atoms in total. The minimum absolute atomic E-state index is 0.0201. The Hall–Kier alpha value is -2.15. The van der Waals surface area contributed by atoms with Gasteiger partial charge in [0.25, 0.3) is 5.91 Å². The number of benzene rings is 1. The fourth-order valence-corrected chi connectivity index (χ4v) is 4.87. The lowest BCUT2D eigenvalue weighted by Crippen LogP contribution is -2.44. The topological polar surface area (TPSA) is 83.6 Å². The van der Waals surface area contributed by atoms with E-state index in [0.29, 0.717) is 11.3 Å². The molecule has 0 radical (unpaired) electrons. The van der Waals surface area contributed by atoms with Gasteiger partial charge in [0.05, 0.1) is 11.5 Å². The van der Waals surface area contributed by atoms with Crippen molar-refractivity contribution >= 4 is 32.9 Å². The summed E-state index contributed by atoms with van der Waals surface area (Å²) in [4.78, 5) is 26.8. The van der Waals surface area contributed by atoms with E-state index >= 15 is 0 Å². The van der Waals surface area contributed by atoms with Crippen LogP contribution in [0.3, 0.4) is 0 Å². The summed E-state index contributed by atoms with van der Waals surface area (Å²) in [6.45, 7) is 0.472. The van der Waals surface area contributed by atoms with E-state index in [-0.39, 0.29) is 42.3 Å². The lowest BCUT2D eigenvalue weighted by atomic mass is 9.97. The lowest BCUT2D eigenvalue weighted by molar-refractivity contribution is -0.117. The second-order valence-corrected chi connectivity index (χ2v) is 9.89. The summed E-state index contributed by atoms with van der Waals surface area (Å²) in [6.07, 6.45) is 7.00. The summed E-state index contributed by atoms with van der Waals surface area (Å²) in [7, 11) is -3.03. The van der Waals surface area contributed by atoms with Crippen LogP contribution in [0.25, 0.3) is 5.57 Å². The van der Waals surface area contributed by atoms with E-state index in [4.69, 9.17) is 0 Å². The zero-order chi connectivity index (χ0) is 19.0. The third-order valence-electron chi connectivity index (χ3n) is 5.48. The molecule has 0 atom stereocenters. The van der Waals surface area contributed by atoms with Crippen LogP contribution < -0.4 is 5.32 Å². The first-order valence-electron chi connectivity index (χ1n) is 9.57. The third-order valence-corrected chi connectivity index (χ3v) is 7.09. The van der Waals surface area contributed by atoms with E-state index in [2.05, 4.69) is 11.4 Å². The molecule has 1 aromatic rings. The SMILES string of the molecule is O=C(Nc1ccc(C(=O)N2CCS(=O)(=O)CC2)c(C2=CCCC2)c1)C1CC1. The number of nitrogens with one attached hydrogen (secondary N) is 1. The second-order valence-electron chi connectivity index (χ2n) is 7.59. The number of amides is 2. The predicted octanol–water partition coefficient (Wildman–Crippen LogP) is 2.47.